The molecule has 0 aliphatic rings. The lowest BCUT2D eigenvalue weighted by atomic mass is 10.3. The number of aromatic nitrogens is 1. The number of nitrogens with zero attached hydrogens (tertiary/aromatic N) is 1. The quantitative estimate of drug-likeness (QED) is 0.879. The highest BCUT2D eigenvalue weighted by Crippen LogP contribution is 2.29. The molecule has 0 bridgehead atoms. The Morgan fingerprint density at radius 3 is 2.62 bits per heavy atom. The standard InChI is InChI=1S/C14H15ClN2O3S/c1-2-9-21(18,19)17-13-7-8-16-10-14(13)20-12-5-3-11(15)4-6-12/h3-8,10H,2,9H2,1H3,(H,16,17). The van der Waals surface area contributed by atoms with Gasteiger partial charge in [0.15, 0.2) is 5.75 Å². The Kier molecular flexibility index (Phi) is 5.03. The minimum absolute atomic E-state index is 0.0513. The predicted molar refractivity (Wildman–Crippen MR) is 83.5 cm³/mol. The summed E-state index contributed by atoms with van der Waals surface area (Å²) in [5, 5.41) is 0.595. The van der Waals surface area contributed by atoms with Crippen LogP contribution in [-0.4, -0.2) is 19.2 Å². The van der Waals surface area contributed by atoms with Crippen molar-refractivity contribution in [1.29, 1.82) is 0 Å². The molecule has 0 saturated heterocycles. The zero-order valence-corrected chi connectivity index (χ0v) is 13.0. The van der Waals surface area contributed by atoms with E-state index < -0.39 is 10.0 Å². The monoisotopic (exact) mass is 326 g/mol. The Labute approximate surface area is 129 Å². The number of anilines is 1. The van der Waals surface area contributed by atoms with E-state index >= 15 is 0 Å². The number of hydrogen-bond donors (Lipinski definition) is 1. The third kappa shape index (κ3) is 4.61. The van der Waals surface area contributed by atoms with Gasteiger partial charge in [0.05, 0.1) is 17.6 Å². The Morgan fingerprint density at radius 1 is 1.24 bits per heavy atom. The largest absolute Gasteiger partial charge is 0.454 e. The fourth-order valence-electron chi connectivity index (χ4n) is 1.66. The molecule has 0 spiro atoms. The van der Waals surface area contributed by atoms with Crippen LogP contribution in [0.3, 0.4) is 0 Å². The second-order valence-electron chi connectivity index (χ2n) is 4.35. The van der Waals surface area contributed by atoms with Crippen LogP contribution in [0, 0.1) is 0 Å². The van der Waals surface area contributed by atoms with E-state index in [-0.39, 0.29) is 5.75 Å². The molecular formula is C14H15ClN2O3S. The van der Waals surface area contributed by atoms with Gasteiger partial charge in [-0.1, -0.05) is 18.5 Å². The van der Waals surface area contributed by atoms with Crippen molar-refractivity contribution < 1.29 is 13.2 Å². The Morgan fingerprint density at radius 2 is 1.95 bits per heavy atom. The van der Waals surface area contributed by atoms with Gasteiger partial charge in [-0.15, -0.1) is 0 Å². The van der Waals surface area contributed by atoms with Crippen molar-refractivity contribution in [2.75, 3.05) is 10.5 Å². The van der Waals surface area contributed by atoms with E-state index in [9.17, 15) is 8.42 Å². The van der Waals surface area contributed by atoms with E-state index in [1.54, 1.807) is 37.3 Å². The topological polar surface area (TPSA) is 68.3 Å². The van der Waals surface area contributed by atoms with Crippen molar-refractivity contribution in [3.8, 4) is 11.5 Å². The number of nitrogens with one attached hydrogen (secondary N) is 1. The summed E-state index contributed by atoms with van der Waals surface area (Å²) in [4.78, 5) is 3.95. The Balaban J connectivity index is 2.23. The van der Waals surface area contributed by atoms with Gasteiger partial charge >= 0.3 is 0 Å². The first-order chi connectivity index (χ1) is 10.00. The predicted octanol–water partition coefficient (Wildman–Crippen LogP) is 3.68. The first-order valence-electron chi connectivity index (χ1n) is 6.38. The second-order valence-corrected chi connectivity index (χ2v) is 6.63. The summed E-state index contributed by atoms with van der Waals surface area (Å²) in [7, 11) is -3.39. The Hall–Kier alpha value is -1.79. The lowest BCUT2D eigenvalue weighted by molar-refractivity contribution is 0.482. The van der Waals surface area contributed by atoms with Crippen molar-refractivity contribution in [1.82, 2.24) is 4.98 Å². The molecular weight excluding hydrogens is 312 g/mol. The molecule has 1 aromatic carbocycles. The summed E-state index contributed by atoms with van der Waals surface area (Å²) in [5.41, 5.74) is 0.355. The highest BCUT2D eigenvalue weighted by atomic mass is 35.5. The molecule has 0 amide bonds. The fourth-order valence-corrected chi connectivity index (χ4v) is 2.93. The van der Waals surface area contributed by atoms with Gasteiger partial charge in [0, 0.05) is 11.2 Å². The van der Waals surface area contributed by atoms with Gasteiger partial charge in [-0.25, -0.2) is 8.42 Å². The summed E-state index contributed by atoms with van der Waals surface area (Å²) in [5.74, 6) is 0.929. The van der Waals surface area contributed by atoms with Gasteiger partial charge in [-0.05, 0) is 36.8 Å². The molecule has 21 heavy (non-hydrogen) atoms. The van der Waals surface area contributed by atoms with Gasteiger partial charge in [0.1, 0.15) is 5.75 Å². The van der Waals surface area contributed by atoms with Crippen molar-refractivity contribution >= 4 is 27.3 Å². The van der Waals surface area contributed by atoms with Crippen LogP contribution in [0.1, 0.15) is 13.3 Å². The van der Waals surface area contributed by atoms with Crippen LogP contribution < -0.4 is 9.46 Å². The molecule has 1 N–H and O–H groups in total. The molecule has 5 nitrogen and oxygen atoms in total. The maximum atomic E-state index is 11.8. The van der Waals surface area contributed by atoms with Gasteiger partial charge in [-0.2, -0.15) is 0 Å². The van der Waals surface area contributed by atoms with Crippen LogP contribution >= 0.6 is 11.6 Å². The number of pyridine rings is 1. The van der Waals surface area contributed by atoms with Crippen molar-refractivity contribution in [3.05, 3.63) is 47.7 Å². The molecule has 0 radical (unpaired) electrons. The van der Waals surface area contributed by atoms with Crippen LogP contribution in [0.4, 0.5) is 5.69 Å². The van der Waals surface area contributed by atoms with Gasteiger partial charge in [0.2, 0.25) is 10.0 Å². The SMILES string of the molecule is CCCS(=O)(=O)Nc1ccncc1Oc1ccc(Cl)cc1. The summed E-state index contributed by atoms with van der Waals surface area (Å²) in [6, 6.07) is 8.32. The average molecular weight is 327 g/mol. The maximum Gasteiger partial charge on any atom is 0.232 e. The first kappa shape index (κ1) is 15.6. The summed E-state index contributed by atoms with van der Waals surface area (Å²) < 4.78 is 31.8. The highest BCUT2D eigenvalue weighted by Gasteiger charge is 2.13. The summed E-state index contributed by atoms with van der Waals surface area (Å²) >= 11 is 5.81. The Bertz CT molecular complexity index is 702. The number of hydrogen-bond acceptors (Lipinski definition) is 4. The second kappa shape index (κ2) is 6.78. The molecule has 2 rings (SSSR count). The zero-order chi connectivity index (χ0) is 15.3. The average Bonchev–Trinajstić information content (AvgIpc) is 2.43. The number of sulfonamides is 1. The number of ether oxygens (including phenoxy) is 1. The van der Waals surface area contributed by atoms with Gasteiger partial charge in [0.25, 0.3) is 0 Å². The van der Waals surface area contributed by atoms with Crippen LogP contribution in [0.15, 0.2) is 42.7 Å². The van der Waals surface area contributed by atoms with Crippen molar-refractivity contribution in [2.45, 2.75) is 13.3 Å². The zero-order valence-electron chi connectivity index (χ0n) is 11.4. The molecule has 2 aromatic rings. The molecule has 1 aromatic heterocycles. The van der Waals surface area contributed by atoms with Gasteiger partial charge in [-0.3, -0.25) is 9.71 Å². The highest BCUT2D eigenvalue weighted by molar-refractivity contribution is 7.92. The smallest absolute Gasteiger partial charge is 0.232 e. The van der Waals surface area contributed by atoms with E-state index in [4.69, 9.17) is 16.3 Å². The molecule has 1 heterocycles. The summed E-state index contributed by atoms with van der Waals surface area (Å²) in [6.45, 7) is 1.80. The normalized spacial score (nSPS) is 11.1. The number of rotatable bonds is 6. The number of benzene rings is 1. The van der Waals surface area contributed by atoms with Crippen LogP contribution in [0.25, 0.3) is 0 Å². The molecule has 0 aliphatic carbocycles. The molecule has 0 unspecified atom stereocenters. The van der Waals surface area contributed by atoms with Gasteiger partial charge < -0.3 is 4.74 Å². The first-order valence-corrected chi connectivity index (χ1v) is 8.41. The van der Waals surface area contributed by atoms with E-state index in [2.05, 4.69) is 9.71 Å². The van der Waals surface area contributed by atoms with E-state index in [0.29, 0.717) is 28.6 Å². The van der Waals surface area contributed by atoms with Crippen LogP contribution in [0.5, 0.6) is 11.5 Å². The molecule has 0 atom stereocenters. The minimum atomic E-state index is -3.39. The third-order valence-electron chi connectivity index (χ3n) is 2.56. The lowest BCUT2D eigenvalue weighted by Crippen LogP contribution is -2.16. The molecule has 0 aliphatic heterocycles. The molecule has 0 saturated carbocycles. The fraction of sp³-hybridized carbons (Fsp3) is 0.214. The number of halogens is 1. The maximum absolute atomic E-state index is 11.8. The molecule has 112 valence electrons. The minimum Gasteiger partial charge on any atom is -0.454 e. The molecule has 0 fully saturated rings. The van der Waals surface area contributed by atoms with Crippen LogP contribution in [0.2, 0.25) is 5.02 Å². The summed E-state index contributed by atoms with van der Waals surface area (Å²) in [6.07, 6.45) is 3.49. The lowest BCUT2D eigenvalue weighted by Gasteiger charge is -2.12. The van der Waals surface area contributed by atoms with E-state index in [0.717, 1.165) is 0 Å². The third-order valence-corrected chi connectivity index (χ3v) is 4.29. The van der Waals surface area contributed by atoms with E-state index in [1.165, 1.54) is 12.4 Å². The van der Waals surface area contributed by atoms with E-state index in [1.807, 2.05) is 0 Å². The van der Waals surface area contributed by atoms with Crippen molar-refractivity contribution in [2.24, 2.45) is 0 Å². The van der Waals surface area contributed by atoms with Crippen LogP contribution in [-0.2, 0) is 10.0 Å². The molecule has 7 heteroatoms. The van der Waals surface area contributed by atoms with Crippen molar-refractivity contribution in [3.63, 3.8) is 0 Å².